The van der Waals surface area contributed by atoms with Gasteiger partial charge in [-0.1, -0.05) is 5.11 Å². The van der Waals surface area contributed by atoms with E-state index in [1.165, 1.54) is 10.8 Å². The molecule has 11 nitrogen and oxygen atoms in total. The van der Waals surface area contributed by atoms with Crippen LogP contribution < -0.4 is 11.2 Å². The molecule has 27 heavy (non-hydrogen) atoms. The number of ether oxygens (including phenoxy) is 3. The van der Waals surface area contributed by atoms with Gasteiger partial charge in [0, 0.05) is 36.3 Å². The van der Waals surface area contributed by atoms with E-state index in [4.69, 9.17) is 19.7 Å². The Morgan fingerprint density at radius 1 is 1.41 bits per heavy atom. The van der Waals surface area contributed by atoms with Crippen LogP contribution in [0.2, 0.25) is 0 Å². The molecule has 1 aromatic rings. The molecular weight excluding hydrogens is 358 g/mol. The van der Waals surface area contributed by atoms with E-state index in [-0.39, 0.29) is 19.6 Å². The van der Waals surface area contributed by atoms with Crippen molar-refractivity contribution in [2.45, 2.75) is 58.4 Å². The second-order valence-electron chi connectivity index (χ2n) is 6.08. The first-order chi connectivity index (χ1) is 13.0. The molecule has 0 aliphatic carbocycles. The lowest BCUT2D eigenvalue weighted by molar-refractivity contribution is -0.144. The molecule has 0 bridgehead atoms. The Kier molecular flexibility index (Phi) is 7.57. The zero-order valence-electron chi connectivity index (χ0n) is 15.6. The maximum atomic E-state index is 12.9. The van der Waals surface area contributed by atoms with E-state index in [1.807, 2.05) is 0 Å². The second-order valence-corrected chi connectivity index (χ2v) is 6.08. The number of aromatic nitrogens is 2. The third-order valence-electron chi connectivity index (χ3n) is 4.30. The Balaban J connectivity index is 2.39. The predicted molar refractivity (Wildman–Crippen MR) is 95.3 cm³/mol. The third-order valence-corrected chi connectivity index (χ3v) is 4.30. The molecule has 3 atom stereocenters. The lowest BCUT2D eigenvalue weighted by Crippen LogP contribution is -2.45. The van der Waals surface area contributed by atoms with Crippen LogP contribution in [0, 0.1) is 6.92 Å². The molecule has 11 heteroatoms. The van der Waals surface area contributed by atoms with Gasteiger partial charge in [-0.25, -0.2) is 4.79 Å². The van der Waals surface area contributed by atoms with Crippen LogP contribution in [0.4, 0.5) is 0 Å². The van der Waals surface area contributed by atoms with Crippen LogP contribution in [0.1, 0.15) is 32.1 Å². The first-order valence-electron chi connectivity index (χ1n) is 8.83. The summed E-state index contributed by atoms with van der Waals surface area (Å²) in [6.45, 7) is 5.52. The number of rotatable bonds is 9. The van der Waals surface area contributed by atoms with E-state index >= 15 is 0 Å². The van der Waals surface area contributed by atoms with E-state index in [9.17, 15) is 14.7 Å². The van der Waals surface area contributed by atoms with E-state index in [1.54, 1.807) is 20.8 Å². The van der Waals surface area contributed by atoms with Crippen molar-refractivity contribution < 1.29 is 19.3 Å². The van der Waals surface area contributed by atoms with E-state index in [2.05, 4.69) is 10.0 Å². The summed E-state index contributed by atoms with van der Waals surface area (Å²) in [6, 6.07) is -0.600. The van der Waals surface area contributed by atoms with Gasteiger partial charge in [0.15, 0.2) is 6.29 Å². The van der Waals surface area contributed by atoms with Crippen LogP contribution >= 0.6 is 0 Å². The zero-order chi connectivity index (χ0) is 20.0. The minimum atomic E-state index is -0.756. The van der Waals surface area contributed by atoms with Gasteiger partial charge in [-0.05, 0) is 26.3 Å². The fourth-order valence-corrected chi connectivity index (χ4v) is 3.04. The van der Waals surface area contributed by atoms with Gasteiger partial charge >= 0.3 is 5.69 Å². The molecule has 1 aliphatic heterocycles. The Bertz CT molecular complexity index is 793. The minimum absolute atomic E-state index is 0.0586. The highest BCUT2D eigenvalue weighted by Crippen LogP contribution is 2.29. The van der Waals surface area contributed by atoms with Crippen molar-refractivity contribution in [3.8, 4) is 0 Å². The molecule has 1 N–H and O–H groups in total. The second kappa shape index (κ2) is 9.67. The number of aryl methyl sites for hydroxylation is 1. The standard InChI is InChI=1S/C16H25N5O6/c1-4-25-14(26-5-2)8-21-15(23)10(3)7-20(16(21)24)13-6-11(18-19-17)12(9-22)27-13/h7,11-14,22H,4-6,8-9H2,1-3H3/t11-,12+,13+/m0/s1. The molecule has 2 rings (SSSR count). The van der Waals surface area contributed by atoms with Crippen LogP contribution in [-0.2, 0) is 20.8 Å². The molecule has 150 valence electrons. The van der Waals surface area contributed by atoms with Gasteiger partial charge in [0.1, 0.15) is 6.23 Å². The lowest BCUT2D eigenvalue weighted by atomic mass is 10.1. The van der Waals surface area contributed by atoms with E-state index in [0.29, 0.717) is 18.8 Å². The quantitative estimate of drug-likeness (QED) is 0.288. The number of hydrogen-bond donors (Lipinski definition) is 1. The number of azide groups is 1. The fourth-order valence-electron chi connectivity index (χ4n) is 3.04. The van der Waals surface area contributed by atoms with Crippen molar-refractivity contribution in [1.29, 1.82) is 0 Å². The Morgan fingerprint density at radius 3 is 2.63 bits per heavy atom. The topological polar surface area (TPSA) is 141 Å². The summed E-state index contributed by atoms with van der Waals surface area (Å²) in [5.74, 6) is 0. The van der Waals surface area contributed by atoms with Crippen LogP contribution in [0.15, 0.2) is 20.9 Å². The maximum Gasteiger partial charge on any atom is 0.333 e. The summed E-state index contributed by atoms with van der Waals surface area (Å²) in [6.07, 6.45) is -0.569. The van der Waals surface area contributed by atoms with Gasteiger partial charge < -0.3 is 19.3 Å². The normalized spacial score (nSPS) is 22.2. The zero-order valence-corrected chi connectivity index (χ0v) is 15.6. The third kappa shape index (κ3) is 4.76. The van der Waals surface area contributed by atoms with Crippen LogP contribution in [0.5, 0.6) is 0 Å². The molecule has 0 amide bonds. The Hall–Kier alpha value is -2.17. The average Bonchev–Trinajstić information content (AvgIpc) is 3.05. The molecule has 0 aromatic carbocycles. The highest BCUT2D eigenvalue weighted by atomic mass is 16.7. The van der Waals surface area contributed by atoms with Gasteiger partial charge in [-0.2, -0.15) is 0 Å². The average molecular weight is 383 g/mol. The van der Waals surface area contributed by atoms with Gasteiger partial charge in [0.2, 0.25) is 0 Å². The van der Waals surface area contributed by atoms with E-state index < -0.39 is 35.9 Å². The maximum absolute atomic E-state index is 12.9. The van der Waals surface area contributed by atoms with Crippen molar-refractivity contribution in [3.05, 3.63) is 43.0 Å². The van der Waals surface area contributed by atoms with Gasteiger partial charge in [0.25, 0.3) is 5.56 Å². The summed E-state index contributed by atoms with van der Waals surface area (Å²) >= 11 is 0. The number of aliphatic hydroxyl groups excluding tert-OH is 1. The minimum Gasteiger partial charge on any atom is -0.394 e. The fraction of sp³-hybridized carbons (Fsp3) is 0.750. The first kappa shape index (κ1) is 21.1. The van der Waals surface area contributed by atoms with E-state index in [0.717, 1.165) is 4.57 Å². The van der Waals surface area contributed by atoms with Crippen molar-refractivity contribution >= 4 is 0 Å². The van der Waals surface area contributed by atoms with Crippen molar-refractivity contribution in [3.63, 3.8) is 0 Å². The number of hydrogen-bond acceptors (Lipinski definition) is 7. The molecular formula is C16H25N5O6. The summed E-state index contributed by atoms with van der Waals surface area (Å²) in [5, 5.41) is 13.0. The molecule has 0 unspecified atom stereocenters. The van der Waals surface area contributed by atoms with Crippen LogP contribution in [-0.4, -0.2) is 52.5 Å². The summed E-state index contributed by atoms with van der Waals surface area (Å²) in [4.78, 5) is 28.1. The predicted octanol–water partition coefficient (Wildman–Crippen LogP) is 0.676. The molecule has 1 fully saturated rings. The van der Waals surface area contributed by atoms with Gasteiger partial charge in [-0.3, -0.25) is 13.9 Å². The monoisotopic (exact) mass is 383 g/mol. The molecule has 1 saturated heterocycles. The number of nitrogens with zero attached hydrogens (tertiary/aromatic N) is 5. The lowest BCUT2D eigenvalue weighted by Gasteiger charge is -2.21. The molecule has 0 spiro atoms. The van der Waals surface area contributed by atoms with Gasteiger partial charge in [-0.15, -0.1) is 0 Å². The van der Waals surface area contributed by atoms with Crippen molar-refractivity contribution in [1.82, 2.24) is 9.13 Å². The molecule has 1 aliphatic rings. The first-order valence-corrected chi connectivity index (χ1v) is 8.83. The Morgan fingerprint density at radius 2 is 2.07 bits per heavy atom. The molecule has 2 heterocycles. The largest absolute Gasteiger partial charge is 0.394 e. The molecule has 1 aromatic heterocycles. The van der Waals surface area contributed by atoms with Gasteiger partial charge in [0.05, 0.1) is 25.3 Å². The number of aliphatic hydroxyl groups is 1. The smallest absolute Gasteiger partial charge is 0.333 e. The SMILES string of the molecule is CCOC(Cn1c(=O)c(C)cn([C@H]2C[C@H](N=[N+]=[N-])[C@@H](CO)O2)c1=O)OCC. The highest BCUT2D eigenvalue weighted by Gasteiger charge is 2.36. The van der Waals surface area contributed by atoms with Crippen LogP contribution in [0.25, 0.3) is 10.4 Å². The van der Waals surface area contributed by atoms with Crippen molar-refractivity contribution in [2.24, 2.45) is 5.11 Å². The summed E-state index contributed by atoms with van der Waals surface area (Å²) < 4.78 is 18.9. The highest BCUT2D eigenvalue weighted by molar-refractivity contribution is 5.04. The summed E-state index contributed by atoms with van der Waals surface area (Å²) in [7, 11) is 0. The summed E-state index contributed by atoms with van der Waals surface area (Å²) in [5.41, 5.74) is 7.97. The molecule has 0 radical (unpaired) electrons. The van der Waals surface area contributed by atoms with Crippen molar-refractivity contribution in [2.75, 3.05) is 19.8 Å². The Labute approximate surface area is 155 Å². The van der Waals surface area contributed by atoms with Crippen LogP contribution in [0.3, 0.4) is 0 Å². The molecule has 0 saturated carbocycles.